The van der Waals surface area contributed by atoms with Gasteiger partial charge in [-0.3, -0.25) is 0 Å². The molecule has 7 heteroatoms. The van der Waals surface area contributed by atoms with Gasteiger partial charge in [-0.15, -0.1) is 11.8 Å². The van der Waals surface area contributed by atoms with Crippen molar-refractivity contribution in [3.05, 3.63) is 52.5 Å². The normalized spacial score (nSPS) is 16.6. The number of hydrogen-bond donors (Lipinski definition) is 1. The lowest BCUT2D eigenvalue weighted by Crippen LogP contribution is -2.34. The molecule has 0 aromatic heterocycles. The van der Waals surface area contributed by atoms with E-state index in [2.05, 4.69) is 21.2 Å². The standard InChI is InChI=1S/C18H19BrN2O3S/c1-23-12-7-8-16(24-2)13(11-12)17-21(9-10-25-17)18(22)20-15-6-4-3-5-14(15)19/h3-8,11,17H,9-10H2,1-2H3,(H,20,22). The third kappa shape index (κ3) is 3.88. The molecule has 2 aromatic rings. The van der Waals surface area contributed by atoms with Crippen molar-refractivity contribution in [2.75, 3.05) is 31.8 Å². The largest absolute Gasteiger partial charge is 0.497 e. The molecule has 132 valence electrons. The number of benzene rings is 2. The van der Waals surface area contributed by atoms with Crippen LogP contribution in [0.4, 0.5) is 10.5 Å². The number of thioether (sulfide) groups is 1. The predicted octanol–water partition coefficient (Wildman–Crippen LogP) is 4.75. The van der Waals surface area contributed by atoms with Crippen molar-refractivity contribution in [2.45, 2.75) is 5.37 Å². The second-order valence-corrected chi connectivity index (χ2v) is 7.48. The Morgan fingerprint density at radius 1 is 1.24 bits per heavy atom. The number of carbonyl (C=O) groups is 1. The molecule has 0 saturated carbocycles. The predicted molar refractivity (Wildman–Crippen MR) is 105 cm³/mol. The van der Waals surface area contributed by atoms with Crippen molar-refractivity contribution in [1.29, 1.82) is 0 Å². The summed E-state index contributed by atoms with van der Waals surface area (Å²) in [7, 11) is 3.27. The van der Waals surface area contributed by atoms with Gasteiger partial charge in [-0.25, -0.2) is 4.79 Å². The molecular formula is C18H19BrN2O3S. The summed E-state index contributed by atoms with van der Waals surface area (Å²) in [5.74, 6) is 2.36. The molecular weight excluding hydrogens is 404 g/mol. The highest BCUT2D eigenvalue weighted by atomic mass is 79.9. The number of anilines is 1. The average molecular weight is 423 g/mol. The van der Waals surface area contributed by atoms with Gasteiger partial charge < -0.3 is 19.7 Å². The second kappa shape index (κ2) is 8.01. The fraction of sp³-hybridized carbons (Fsp3) is 0.278. The Bertz CT molecular complexity index is 772. The lowest BCUT2D eigenvalue weighted by Gasteiger charge is -2.26. The fourth-order valence-corrected chi connectivity index (χ4v) is 4.37. The quantitative estimate of drug-likeness (QED) is 0.772. The smallest absolute Gasteiger partial charge is 0.323 e. The van der Waals surface area contributed by atoms with Crippen molar-refractivity contribution in [1.82, 2.24) is 4.90 Å². The third-order valence-corrected chi connectivity index (χ3v) is 5.90. The maximum atomic E-state index is 12.8. The summed E-state index contributed by atoms with van der Waals surface area (Å²) < 4.78 is 11.7. The zero-order valence-electron chi connectivity index (χ0n) is 14.0. The lowest BCUT2D eigenvalue weighted by molar-refractivity contribution is 0.213. The Kier molecular flexibility index (Phi) is 5.75. The minimum atomic E-state index is -0.133. The number of rotatable bonds is 4. The van der Waals surface area contributed by atoms with Gasteiger partial charge in [0.2, 0.25) is 0 Å². The molecule has 1 N–H and O–H groups in total. The molecule has 0 radical (unpaired) electrons. The monoisotopic (exact) mass is 422 g/mol. The molecule has 1 unspecified atom stereocenters. The topological polar surface area (TPSA) is 50.8 Å². The SMILES string of the molecule is COc1ccc(OC)c(C2SCCN2C(=O)Nc2ccccc2Br)c1. The van der Waals surface area contributed by atoms with Gasteiger partial charge in [0.15, 0.2) is 0 Å². The van der Waals surface area contributed by atoms with Gasteiger partial charge in [-0.05, 0) is 46.3 Å². The van der Waals surface area contributed by atoms with Crippen LogP contribution in [-0.4, -0.2) is 37.4 Å². The third-order valence-electron chi connectivity index (χ3n) is 3.97. The Balaban J connectivity index is 1.85. The molecule has 1 fully saturated rings. The number of hydrogen-bond acceptors (Lipinski definition) is 4. The summed E-state index contributed by atoms with van der Waals surface area (Å²) in [6, 6.07) is 13.1. The van der Waals surface area contributed by atoms with Crippen molar-refractivity contribution in [3.63, 3.8) is 0 Å². The van der Waals surface area contributed by atoms with Crippen LogP contribution in [-0.2, 0) is 0 Å². The Hall–Kier alpha value is -1.86. The number of halogens is 1. The summed E-state index contributed by atoms with van der Waals surface area (Å²) in [4.78, 5) is 14.6. The zero-order chi connectivity index (χ0) is 17.8. The number of methoxy groups -OCH3 is 2. The van der Waals surface area contributed by atoms with Crippen molar-refractivity contribution in [2.24, 2.45) is 0 Å². The number of ether oxygens (including phenoxy) is 2. The summed E-state index contributed by atoms with van der Waals surface area (Å²) in [6.45, 7) is 0.673. The summed E-state index contributed by atoms with van der Waals surface area (Å²) in [5, 5.41) is 2.85. The molecule has 1 saturated heterocycles. The van der Waals surface area contributed by atoms with Gasteiger partial charge in [-0.1, -0.05) is 12.1 Å². The second-order valence-electron chi connectivity index (χ2n) is 5.43. The van der Waals surface area contributed by atoms with Crippen LogP contribution in [0.15, 0.2) is 46.9 Å². The maximum absolute atomic E-state index is 12.8. The fourth-order valence-electron chi connectivity index (χ4n) is 2.72. The van der Waals surface area contributed by atoms with E-state index in [1.165, 1.54) is 0 Å². The van der Waals surface area contributed by atoms with Gasteiger partial charge in [0, 0.05) is 22.3 Å². The van der Waals surface area contributed by atoms with E-state index in [9.17, 15) is 4.79 Å². The van der Waals surface area contributed by atoms with Crippen LogP contribution in [0.2, 0.25) is 0 Å². The molecule has 0 aliphatic carbocycles. The number of urea groups is 1. The Morgan fingerprint density at radius 2 is 2.04 bits per heavy atom. The first kappa shape index (κ1) is 17.9. The first-order valence-corrected chi connectivity index (χ1v) is 9.64. The lowest BCUT2D eigenvalue weighted by atomic mass is 10.1. The molecule has 1 aliphatic heterocycles. The molecule has 2 amide bonds. The molecule has 1 atom stereocenters. The molecule has 1 aliphatic rings. The molecule has 25 heavy (non-hydrogen) atoms. The number of carbonyl (C=O) groups excluding carboxylic acids is 1. The van der Waals surface area contributed by atoms with Crippen molar-refractivity contribution < 1.29 is 14.3 Å². The average Bonchev–Trinajstić information content (AvgIpc) is 3.12. The van der Waals surface area contributed by atoms with Crippen LogP contribution in [0.5, 0.6) is 11.5 Å². The van der Waals surface area contributed by atoms with Gasteiger partial charge >= 0.3 is 6.03 Å². The van der Waals surface area contributed by atoms with Crippen molar-refractivity contribution >= 4 is 39.4 Å². The number of amides is 2. The van der Waals surface area contributed by atoms with E-state index in [1.54, 1.807) is 26.0 Å². The molecule has 2 aromatic carbocycles. The van der Waals surface area contributed by atoms with E-state index in [-0.39, 0.29) is 11.4 Å². The van der Waals surface area contributed by atoms with E-state index in [0.29, 0.717) is 6.54 Å². The van der Waals surface area contributed by atoms with Gasteiger partial charge in [-0.2, -0.15) is 0 Å². The van der Waals surface area contributed by atoms with Gasteiger partial charge in [0.25, 0.3) is 0 Å². The summed E-state index contributed by atoms with van der Waals surface area (Å²) in [5.41, 5.74) is 1.69. The number of nitrogens with zero attached hydrogens (tertiary/aromatic N) is 1. The van der Waals surface area contributed by atoms with Crippen molar-refractivity contribution in [3.8, 4) is 11.5 Å². The van der Waals surface area contributed by atoms with E-state index in [1.807, 2.05) is 47.4 Å². The molecule has 3 rings (SSSR count). The van der Waals surface area contributed by atoms with Crippen LogP contribution in [0.1, 0.15) is 10.9 Å². The summed E-state index contributed by atoms with van der Waals surface area (Å²) in [6.07, 6.45) is 0. The Labute approximate surface area is 159 Å². The first-order chi connectivity index (χ1) is 12.1. The molecule has 5 nitrogen and oxygen atoms in total. The van der Waals surface area contributed by atoms with E-state index in [4.69, 9.17) is 9.47 Å². The minimum absolute atomic E-state index is 0.118. The highest BCUT2D eigenvalue weighted by molar-refractivity contribution is 9.10. The molecule has 0 bridgehead atoms. The molecule has 1 heterocycles. The number of para-hydroxylation sites is 1. The van der Waals surface area contributed by atoms with Gasteiger partial charge in [0.05, 0.1) is 19.9 Å². The molecule has 0 spiro atoms. The highest BCUT2D eigenvalue weighted by Crippen LogP contribution is 2.43. The number of nitrogens with one attached hydrogen (secondary N) is 1. The van der Waals surface area contributed by atoms with Gasteiger partial charge in [0.1, 0.15) is 16.9 Å². The minimum Gasteiger partial charge on any atom is -0.497 e. The van der Waals surface area contributed by atoms with Crippen LogP contribution in [0.3, 0.4) is 0 Å². The van der Waals surface area contributed by atoms with Crippen LogP contribution < -0.4 is 14.8 Å². The highest BCUT2D eigenvalue weighted by Gasteiger charge is 2.33. The van der Waals surface area contributed by atoms with E-state index in [0.717, 1.165) is 33.0 Å². The van der Waals surface area contributed by atoms with E-state index < -0.39 is 0 Å². The van der Waals surface area contributed by atoms with Crippen LogP contribution in [0.25, 0.3) is 0 Å². The van der Waals surface area contributed by atoms with Crippen LogP contribution in [0, 0.1) is 0 Å². The van der Waals surface area contributed by atoms with E-state index >= 15 is 0 Å². The zero-order valence-corrected chi connectivity index (χ0v) is 16.4. The summed E-state index contributed by atoms with van der Waals surface area (Å²) >= 11 is 5.17. The van der Waals surface area contributed by atoms with Crippen LogP contribution >= 0.6 is 27.7 Å². The first-order valence-electron chi connectivity index (χ1n) is 7.79. The maximum Gasteiger partial charge on any atom is 0.323 e. The Morgan fingerprint density at radius 3 is 2.76 bits per heavy atom.